The summed E-state index contributed by atoms with van der Waals surface area (Å²) in [6.45, 7) is 0.953. The Morgan fingerprint density at radius 1 is 1.32 bits per heavy atom. The molecule has 132 valence electrons. The van der Waals surface area contributed by atoms with Crippen molar-refractivity contribution in [2.24, 2.45) is 0 Å². The van der Waals surface area contributed by atoms with Crippen LogP contribution in [0.3, 0.4) is 0 Å². The Bertz CT molecular complexity index is 703. The number of nitrogens with zero attached hydrogens (tertiary/aromatic N) is 1. The van der Waals surface area contributed by atoms with Crippen molar-refractivity contribution in [1.29, 1.82) is 0 Å². The van der Waals surface area contributed by atoms with Crippen molar-refractivity contribution in [2.75, 3.05) is 18.9 Å². The summed E-state index contributed by atoms with van der Waals surface area (Å²) in [5, 5.41) is 12.0. The topological polar surface area (TPSA) is 107 Å². The first-order valence-corrected chi connectivity index (χ1v) is 8.12. The number of hydrogen-bond donors (Lipinski definition) is 3. The number of aliphatic hydroxyl groups excluding tert-OH is 1. The normalized spacial score (nSPS) is 20.0. The van der Waals surface area contributed by atoms with Gasteiger partial charge < -0.3 is 25.6 Å². The van der Waals surface area contributed by atoms with Gasteiger partial charge in [-0.25, -0.2) is 4.98 Å². The molecule has 1 fully saturated rings. The van der Waals surface area contributed by atoms with E-state index >= 15 is 0 Å². The van der Waals surface area contributed by atoms with Gasteiger partial charge >= 0.3 is 0 Å². The molecule has 1 aromatic heterocycles. The molecule has 0 radical (unpaired) electrons. The number of benzene rings is 1. The first kappa shape index (κ1) is 17.2. The molecule has 0 unspecified atom stereocenters. The second-order valence-electron chi connectivity index (χ2n) is 5.87. The van der Waals surface area contributed by atoms with Gasteiger partial charge in [0, 0.05) is 12.6 Å². The number of ether oxygens (including phenoxy) is 2. The second kappa shape index (κ2) is 7.96. The number of nitrogens with one attached hydrogen (secondary N) is 1. The Morgan fingerprint density at radius 2 is 2.12 bits per heavy atom. The Morgan fingerprint density at radius 3 is 2.80 bits per heavy atom. The number of aromatic nitrogens is 1. The third-order valence-electron chi connectivity index (χ3n) is 4.05. The van der Waals surface area contributed by atoms with Crippen LogP contribution in [-0.4, -0.2) is 41.4 Å². The number of amides is 1. The van der Waals surface area contributed by atoms with E-state index in [4.69, 9.17) is 20.3 Å². The zero-order valence-electron chi connectivity index (χ0n) is 13.7. The third kappa shape index (κ3) is 4.46. The molecule has 2 aromatic rings. The number of nitrogen functional groups attached to an aromatic ring is 1. The van der Waals surface area contributed by atoms with Crippen molar-refractivity contribution in [1.82, 2.24) is 10.3 Å². The number of hydrogen-bond acceptors (Lipinski definition) is 6. The number of anilines is 1. The third-order valence-corrected chi connectivity index (χ3v) is 4.05. The molecule has 0 spiro atoms. The molecule has 1 aliphatic rings. The van der Waals surface area contributed by atoms with E-state index in [1.165, 1.54) is 6.20 Å². The van der Waals surface area contributed by atoms with Gasteiger partial charge in [-0.1, -0.05) is 12.1 Å². The average Bonchev–Trinajstić information content (AvgIpc) is 2.64. The summed E-state index contributed by atoms with van der Waals surface area (Å²) in [6.07, 6.45) is 1.92. The fraction of sp³-hybridized carbons (Fsp3) is 0.333. The Labute approximate surface area is 145 Å². The standard InChI is InChI=1S/C18H21N3O4/c19-17-6-3-13(9-20-17)18(23)21-15-11-24-8-7-16(15)25-14-4-1-12(10-22)2-5-14/h1-6,9,15-16,22H,7-8,10-11H2,(H2,19,20)(H,21,23)/t15-,16-/m1/s1. The smallest absolute Gasteiger partial charge is 0.253 e. The van der Waals surface area contributed by atoms with Crippen molar-refractivity contribution in [3.05, 3.63) is 53.7 Å². The lowest BCUT2D eigenvalue weighted by molar-refractivity contribution is -0.00289. The van der Waals surface area contributed by atoms with E-state index in [2.05, 4.69) is 10.3 Å². The van der Waals surface area contributed by atoms with Gasteiger partial charge in [0.05, 0.1) is 31.4 Å². The van der Waals surface area contributed by atoms with Crippen LogP contribution in [0.1, 0.15) is 22.3 Å². The highest BCUT2D eigenvalue weighted by Crippen LogP contribution is 2.19. The highest BCUT2D eigenvalue weighted by molar-refractivity contribution is 5.94. The molecule has 1 amide bonds. The van der Waals surface area contributed by atoms with Crippen LogP contribution in [0.5, 0.6) is 5.75 Å². The van der Waals surface area contributed by atoms with Crippen molar-refractivity contribution < 1.29 is 19.4 Å². The van der Waals surface area contributed by atoms with Crippen molar-refractivity contribution in [3.63, 3.8) is 0 Å². The molecule has 1 saturated heterocycles. The summed E-state index contributed by atoms with van der Waals surface area (Å²) in [4.78, 5) is 16.3. The molecular formula is C18H21N3O4. The summed E-state index contributed by atoms with van der Waals surface area (Å²) in [5.41, 5.74) is 6.80. The minimum Gasteiger partial charge on any atom is -0.488 e. The molecule has 2 atom stereocenters. The van der Waals surface area contributed by atoms with Crippen molar-refractivity contribution >= 4 is 11.7 Å². The predicted octanol–water partition coefficient (Wildman–Crippen LogP) is 1.12. The van der Waals surface area contributed by atoms with E-state index in [1.807, 2.05) is 24.3 Å². The fourth-order valence-corrected chi connectivity index (χ4v) is 2.63. The maximum Gasteiger partial charge on any atom is 0.253 e. The molecule has 1 aliphatic heterocycles. The highest BCUT2D eigenvalue weighted by atomic mass is 16.5. The first-order valence-electron chi connectivity index (χ1n) is 8.12. The Hall–Kier alpha value is -2.64. The molecule has 1 aromatic carbocycles. The minimum atomic E-state index is -0.267. The molecule has 25 heavy (non-hydrogen) atoms. The average molecular weight is 343 g/mol. The van der Waals surface area contributed by atoms with Crippen LogP contribution in [0.25, 0.3) is 0 Å². The van der Waals surface area contributed by atoms with Crippen LogP contribution >= 0.6 is 0 Å². The van der Waals surface area contributed by atoms with Crippen LogP contribution in [0, 0.1) is 0 Å². The van der Waals surface area contributed by atoms with Crippen molar-refractivity contribution in [3.8, 4) is 5.75 Å². The molecular weight excluding hydrogens is 322 g/mol. The monoisotopic (exact) mass is 343 g/mol. The minimum absolute atomic E-state index is 0.00808. The number of carbonyl (C=O) groups is 1. The molecule has 4 N–H and O–H groups in total. The summed E-state index contributed by atoms with van der Waals surface area (Å²) in [5.74, 6) is 0.815. The predicted molar refractivity (Wildman–Crippen MR) is 92.1 cm³/mol. The van der Waals surface area contributed by atoms with E-state index in [-0.39, 0.29) is 24.7 Å². The van der Waals surface area contributed by atoms with E-state index in [9.17, 15) is 4.79 Å². The van der Waals surface area contributed by atoms with Gasteiger partial charge in [-0.3, -0.25) is 4.79 Å². The SMILES string of the molecule is Nc1ccc(C(=O)N[C@@H]2COCC[C@H]2Oc2ccc(CO)cc2)cn1. The fourth-order valence-electron chi connectivity index (χ4n) is 2.63. The van der Waals surface area contributed by atoms with Crippen LogP contribution in [0.2, 0.25) is 0 Å². The largest absolute Gasteiger partial charge is 0.488 e. The molecule has 3 rings (SSSR count). The van der Waals surface area contributed by atoms with Crippen LogP contribution in [-0.2, 0) is 11.3 Å². The lowest BCUT2D eigenvalue weighted by atomic mass is 10.1. The maximum atomic E-state index is 12.4. The van der Waals surface area contributed by atoms with Gasteiger partial charge in [-0.05, 0) is 29.8 Å². The van der Waals surface area contributed by atoms with Gasteiger partial charge in [0.25, 0.3) is 5.91 Å². The lowest BCUT2D eigenvalue weighted by Crippen LogP contribution is -2.51. The summed E-state index contributed by atoms with van der Waals surface area (Å²) >= 11 is 0. The second-order valence-corrected chi connectivity index (χ2v) is 5.87. The van der Waals surface area contributed by atoms with E-state index in [1.54, 1.807) is 12.1 Å². The molecule has 7 nitrogen and oxygen atoms in total. The maximum absolute atomic E-state index is 12.4. The highest BCUT2D eigenvalue weighted by Gasteiger charge is 2.29. The van der Waals surface area contributed by atoms with Gasteiger partial charge in [-0.2, -0.15) is 0 Å². The zero-order chi connectivity index (χ0) is 17.6. The zero-order valence-corrected chi connectivity index (χ0v) is 13.7. The quantitative estimate of drug-likeness (QED) is 0.751. The van der Waals surface area contributed by atoms with E-state index in [0.29, 0.717) is 36.8 Å². The molecule has 7 heteroatoms. The van der Waals surface area contributed by atoms with E-state index < -0.39 is 0 Å². The number of pyridine rings is 1. The Balaban J connectivity index is 1.65. The molecule has 2 heterocycles. The van der Waals surface area contributed by atoms with Crippen LogP contribution in [0.15, 0.2) is 42.6 Å². The van der Waals surface area contributed by atoms with Crippen LogP contribution in [0.4, 0.5) is 5.82 Å². The number of carbonyl (C=O) groups excluding carboxylic acids is 1. The summed E-state index contributed by atoms with van der Waals surface area (Å²) in [6, 6.07) is 10.2. The number of aliphatic hydroxyl groups is 1. The van der Waals surface area contributed by atoms with Gasteiger partial charge in [0.2, 0.25) is 0 Å². The van der Waals surface area contributed by atoms with Gasteiger partial charge in [0.15, 0.2) is 0 Å². The summed E-state index contributed by atoms with van der Waals surface area (Å²) in [7, 11) is 0. The van der Waals surface area contributed by atoms with Crippen molar-refractivity contribution in [2.45, 2.75) is 25.2 Å². The van der Waals surface area contributed by atoms with Gasteiger partial charge in [0.1, 0.15) is 17.7 Å². The number of rotatable bonds is 5. The Kier molecular flexibility index (Phi) is 5.47. The van der Waals surface area contributed by atoms with Gasteiger partial charge in [-0.15, -0.1) is 0 Å². The first-order chi connectivity index (χ1) is 12.2. The summed E-state index contributed by atoms with van der Waals surface area (Å²) < 4.78 is 11.5. The molecule has 0 bridgehead atoms. The molecule has 0 aliphatic carbocycles. The van der Waals surface area contributed by atoms with Crippen LogP contribution < -0.4 is 15.8 Å². The van der Waals surface area contributed by atoms with E-state index in [0.717, 1.165) is 5.56 Å². The lowest BCUT2D eigenvalue weighted by Gasteiger charge is -2.32. The molecule has 0 saturated carbocycles. The number of nitrogens with two attached hydrogens (primary N) is 1.